The second-order valence-electron chi connectivity index (χ2n) is 5.70. The lowest BCUT2D eigenvalue weighted by atomic mass is 10.00. The average molecular weight is 322 g/mol. The Kier molecular flexibility index (Phi) is 5.01. The van der Waals surface area contributed by atoms with E-state index < -0.39 is 5.67 Å². The number of rotatable bonds is 5. The van der Waals surface area contributed by atoms with Crippen molar-refractivity contribution in [3.8, 4) is 0 Å². The molecule has 2 aromatic rings. The van der Waals surface area contributed by atoms with Gasteiger partial charge >= 0.3 is 0 Å². The Morgan fingerprint density at radius 1 is 1.18 bits per heavy atom. The van der Waals surface area contributed by atoms with Gasteiger partial charge in [-0.3, -0.25) is 0 Å². The largest absolute Gasteiger partial charge is 0.324 e. The smallest absolute Gasteiger partial charge is 0.227 e. The van der Waals surface area contributed by atoms with Crippen LogP contribution in [0, 0.1) is 0 Å². The van der Waals surface area contributed by atoms with Crippen LogP contribution in [0.1, 0.15) is 44.5 Å². The van der Waals surface area contributed by atoms with Gasteiger partial charge < -0.3 is 5.32 Å². The number of benzene rings is 1. The van der Waals surface area contributed by atoms with Gasteiger partial charge in [-0.05, 0) is 56.0 Å². The fraction of sp³-hybridized carbons (Fsp3) is 0.412. The van der Waals surface area contributed by atoms with Crippen molar-refractivity contribution < 1.29 is 4.39 Å². The number of hydrogen-bond donors (Lipinski definition) is 1. The standard InChI is InChI=1S/C17H21ClFN3/c1-5-11-10-20-16(22-15(11)6-2)21-14-8-12(17(3,4)19)7-13(18)9-14/h7-10H,5-6H2,1-4H3,(H,20,21,22). The van der Waals surface area contributed by atoms with Crippen LogP contribution in [0.5, 0.6) is 0 Å². The van der Waals surface area contributed by atoms with E-state index in [0.717, 1.165) is 24.1 Å². The summed E-state index contributed by atoms with van der Waals surface area (Å²) in [5, 5.41) is 3.59. The van der Waals surface area contributed by atoms with Gasteiger partial charge in [0.05, 0.1) is 0 Å². The summed E-state index contributed by atoms with van der Waals surface area (Å²) in [6, 6.07) is 5.10. The number of hydrogen-bond acceptors (Lipinski definition) is 3. The predicted octanol–water partition coefficient (Wildman–Crippen LogP) is 5.20. The van der Waals surface area contributed by atoms with Gasteiger partial charge in [0.2, 0.25) is 5.95 Å². The van der Waals surface area contributed by atoms with E-state index in [2.05, 4.69) is 29.1 Å². The maximum atomic E-state index is 14.1. The molecule has 0 radical (unpaired) electrons. The lowest BCUT2D eigenvalue weighted by Gasteiger charge is -2.17. The molecule has 0 bridgehead atoms. The van der Waals surface area contributed by atoms with Crippen LogP contribution >= 0.6 is 11.6 Å². The van der Waals surface area contributed by atoms with Crippen LogP contribution in [0.3, 0.4) is 0 Å². The third kappa shape index (κ3) is 3.95. The molecule has 0 atom stereocenters. The Morgan fingerprint density at radius 3 is 2.50 bits per heavy atom. The molecule has 0 unspecified atom stereocenters. The summed E-state index contributed by atoms with van der Waals surface area (Å²) >= 11 is 6.08. The highest BCUT2D eigenvalue weighted by molar-refractivity contribution is 6.31. The molecule has 118 valence electrons. The van der Waals surface area contributed by atoms with Crippen molar-refractivity contribution in [2.24, 2.45) is 0 Å². The fourth-order valence-corrected chi connectivity index (χ4v) is 2.47. The number of alkyl halides is 1. The third-order valence-electron chi connectivity index (χ3n) is 3.51. The summed E-state index contributed by atoms with van der Waals surface area (Å²) < 4.78 is 14.1. The molecule has 1 heterocycles. The molecule has 0 fully saturated rings. The summed E-state index contributed by atoms with van der Waals surface area (Å²) in [6.45, 7) is 7.15. The Morgan fingerprint density at radius 2 is 1.91 bits per heavy atom. The van der Waals surface area contributed by atoms with Gasteiger partial charge in [-0.1, -0.05) is 25.4 Å². The minimum Gasteiger partial charge on any atom is -0.324 e. The second kappa shape index (κ2) is 6.61. The van der Waals surface area contributed by atoms with Crippen LogP contribution in [0.4, 0.5) is 16.0 Å². The van der Waals surface area contributed by atoms with Crippen molar-refractivity contribution in [1.29, 1.82) is 0 Å². The molecule has 0 saturated carbocycles. The molecule has 1 aromatic carbocycles. The number of anilines is 2. The minimum absolute atomic E-state index is 0.478. The summed E-state index contributed by atoms with van der Waals surface area (Å²) in [5.41, 5.74) is 1.91. The first-order valence-electron chi connectivity index (χ1n) is 7.45. The zero-order valence-electron chi connectivity index (χ0n) is 13.4. The molecule has 0 amide bonds. The SMILES string of the molecule is CCc1cnc(Nc2cc(Cl)cc(C(C)(C)F)c2)nc1CC. The topological polar surface area (TPSA) is 37.8 Å². The van der Waals surface area contributed by atoms with Crippen LogP contribution in [-0.4, -0.2) is 9.97 Å². The molecule has 0 aliphatic rings. The zero-order valence-corrected chi connectivity index (χ0v) is 14.1. The molecule has 1 N–H and O–H groups in total. The van der Waals surface area contributed by atoms with Crippen LogP contribution in [0.25, 0.3) is 0 Å². The van der Waals surface area contributed by atoms with Crippen molar-refractivity contribution in [2.75, 3.05) is 5.32 Å². The lowest BCUT2D eigenvalue weighted by Crippen LogP contribution is -2.10. The van der Waals surface area contributed by atoms with E-state index in [1.165, 1.54) is 13.8 Å². The Bertz CT molecular complexity index is 665. The van der Waals surface area contributed by atoms with Crippen molar-refractivity contribution in [2.45, 2.75) is 46.2 Å². The van der Waals surface area contributed by atoms with Crippen molar-refractivity contribution in [1.82, 2.24) is 9.97 Å². The summed E-state index contributed by atoms with van der Waals surface area (Å²) in [5.74, 6) is 0.499. The quantitative estimate of drug-likeness (QED) is 0.822. The first kappa shape index (κ1) is 16.7. The second-order valence-corrected chi connectivity index (χ2v) is 6.14. The molecule has 5 heteroatoms. The van der Waals surface area contributed by atoms with Gasteiger partial charge in [0.1, 0.15) is 5.67 Å². The van der Waals surface area contributed by atoms with E-state index in [1.807, 2.05) is 6.20 Å². The highest BCUT2D eigenvalue weighted by Crippen LogP contribution is 2.30. The molecule has 3 nitrogen and oxygen atoms in total. The minimum atomic E-state index is -1.46. The molecule has 0 saturated heterocycles. The molecule has 2 rings (SSSR count). The van der Waals surface area contributed by atoms with Crippen LogP contribution < -0.4 is 5.32 Å². The maximum absolute atomic E-state index is 14.1. The Balaban J connectivity index is 2.33. The number of nitrogens with zero attached hydrogens (tertiary/aromatic N) is 2. The number of nitrogens with one attached hydrogen (secondary N) is 1. The van der Waals surface area contributed by atoms with Crippen LogP contribution in [-0.2, 0) is 18.5 Å². The summed E-state index contributed by atoms with van der Waals surface area (Å²) in [6.07, 6.45) is 3.58. The van der Waals surface area contributed by atoms with E-state index in [1.54, 1.807) is 18.2 Å². The lowest BCUT2D eigenvalue weighted by molar-refractivity contribution is 0.221. The zero-order chi connectivity index (χ0) is 16.3. The molecular weight excluding hydrogens is 301 g/mol. The third-order valence-corrected chi connectivity index (χ3v) is 3.73. The normalized spacial score (nSPS) is 11.5. The average Bonchev–Trinajstić information content (AvgIpc) is 2.45. The molecule has 0 spiro atoms. The van der Waals surface area contributed by atoms with E-state index in [-0.39, 0.29) is 0 Å². The maximum Gasteiger partial charge on any atom is 0.227 e. The molecular formula is C17H21ClFN3. The first-order valence-corrected chi connectivity index (χ1v) is 7.83. The van der Waals surface area contributed by atoms with E-state index >= 15 is 0 Å². The molecule has 22 heavy (non-hydrogen) atoms. The highest BCUT2D eigenvalue weighted by atomic mass is 35.5. The van der Waals surface area contributed by atoms with Gasteiger partial charge in [0.15, 0.2) is 0 Å². The van der Waals surface area contributed by atoms with Crippen LogP contribution in [0.15, 0.2) is 24.4 Å². The summed E-state index contributed by atoms with van der Waals surface area (Å²) in [4.78, 5) is 8.84. The first-order chi connectivity index (χ1) is 10.3. The Hall–Kier alpha value is -1.68. The van der Waals surface area contributed by atoms with Gasteiger partial charge in [-0.15, -0.1) is 0 Å². The summed E-state index contributed by atoms with van der Waals surface area (Å²) in [7, 11) is 0. The number of halogens is 2. The van der Waals surface area contributed by atoms with E-state index in [4.69, 9.17) is 11.6 Å². The van der Waals surface area contributed by atoms with E-state index in [0.29, 0.717) is 22.2 Å². The number of aromatic nitrogens is 2. The van der Waals surface area contributed by atoms with Gasteiger partial charge in [0.25, 0.3) is 0 Å². The van der Waals surface area contributed by atoms with Gasteiger partial charge in [-0.2, -0.15) is 0 Å². The molecule has 1 aromatic heterocycles. The van der Waals surface area contributed by atoms with Crippen molar-refractivity contribution >= 4 is 23.2 Å². The number of aryl methyl sites for hydroxylation is 2. The van der Waals surface area contributed by atoms with Gasteiger partial charge in [0, 0.05) is 22.6 Å². The van der Waals surface area contributed by atoms with Gasteiger partial charge in [-0.25, -0.2) is 14.4 Å². The highest BCUT2D eigenvalue weighted by Gasteiger charge is 2.20. The van der Waals surface area contributed by atoms with E-state index in [9.17, 15) is 4.39 Å². The fourth-order valence-electron chi connectivity index (χ4n) is 2.24. The molecule has 0 aliphatic carbocycles. The monoisotopic (exact) mass is 321 g/mol. The van der Waals surface area contributed by atoms with Crippen molar-refractivity contribution in [3.63, 3.8) is 0 Å². The predicted molar refractivity (Wildman–Crippen MR) is 89.7 cm³/mol. The Labute approximate surface area is 136 Å². The molecule has 0 aliphatic heterocycles. The van der Waals surface area contributed by atoms with Crippen molar-refractivity contribution in [3.05, 3.63) is 46.2 Å². The van der Waals surface area contributed by atoms with Crippen LogP contribution in [0.2, 0.25) is 5.02 Å².